The zero-order valence-electron chi connectivity index (χ0n) is 13.4. The van der Waals surface area contributed by atoms with Gasteiger partial charge in [-0.2, -0.15) is 0 Å². The van der Waals surface area contributed by atoms with Crippen LogP contribution in [-0.2, 0) is 20.9 Å². The quantitative estimate of drug-likeness (QED) is 0.481. The van der Waals surface area contributed by atoms with E-state index in [0.717, 1.165) is 24.9 Å². The molecule has 0 spiro atoms. The number of hydrogen-bond donors (Lipinski definition) is 2. The fraction of sp³-hybridized carbons (Fsp3) is 0.529. The number of carbonyl (C=O) groups is 2. The molecule has 0 amide bonds. The first-order valence-electron chi connectivity index (χ1n) is 7.77. The fourth-order valence-electron chi connectivity index (χ4n) is 1.98. The van der Waals surface area contributed by atoms with Crippen LogP contribution in [0, 0.1) is 0 Å². The van der Waals surface area contributed by atoms with E-state index in [1.54, 1.807) is 7.05 Å². The minimum Gasteiger partial charge on any atom is -0.461 e. The second-order valence-corrected chi connectivity index (χ2v) is 5.19. The number of carbonyl (C=O) groups excluding carboxylic acids is 2. The minimum absolute atomic E-state index is 0.0183. The van der Waals surface area contributed by atoms with Crippen molar-refractivity contribution in [3.05, 3.63) is 35.9 Å². The first-order chi connectivity index (χ1) is 10.7. The van der Waals surface area contributed by atoms with Gasteiger partial charge in [0.25, 0.3) is 0 Å². The Morgan fingerprint density at radius 2 is 1.95 bits per heavy atom. The van der Waals surface area contributed by atoms with E-state index in [0.29, 0.717) is 0 Å². The van der Waals surface area contributed by atoms with Gasteiger partial charge in [0.1, 0.15) is 6.61 Å². The van der Waals surface area contributed by atoms with Crippen LogP contribution >= 0.6 is 0 Å². The number of benzene rings is 1. The molecule has 0 heterocycles. The van der Waals surface area contributed by atoms with Crippen molar-refractivity contribution in [3.8, 4) is 0 Å². The van der Waals surface area contributed by atoms with E-state index in [4.69, 9.17) is 4.74 Å². The van der Waals surface area contributed by atoms with E-state index < -0.39 is 6.04 Å². The Kier molecular flexibility index (Phi) is 9.11. The van der Waals surface area contributed by atoms with Gasteiger partial charge in [0.2, 0.25) is 0 Å². The molecule has 0 fully saturated rings. The van der Waals surface area contributed by atoms with Gasteiger partial charge in [-0.1, -0.05) is 43.7 Å². The Morgan fingerprint density at radius 1 is 1.23 bits per heavy atom. The molecule has 0 aliphatic carbocycles. The molecule has 22 heavy (non-hydrogen) atoms. The molecule has 0 aromatic heterocycles. The summed E-state index contributed by atoms with van der Waals surface area (Å²) in [5, 5.41) is 5.97. The summed E-state index contributed by atoms with van der Waals surface area (Å²) < 4.78 is 5.20. The number of hydrogen-bond acceptors (Lipinski definition) is 5. The van der Waals surface area contributed by atoms with Crippen molar-refractivity contribution >= 4 is 11.8 Å². The summed E-state index contributed by atoms with van der Waals surface area (Å²) in [4.78, 5) is 23.8. The van der Waals surface area contributed by atoms with E-state index in [-0.39, 0.29) is 31.3 Å². The highest BCUT2D eigenvalue weighted by Gasteiger charge is 2.20. The van der Waals surface area contributed by atoms with Crippen LogP contribution in [0.15, 0.2) is 30.3 Å². The van der Waals surface area contributed by atoms with Crippen LogP contribution < -0.4 is 10.6 Å². The summed E-state index contributed by atoms with van der Waals surface area (Å²) in [6.07, 6.45) is 2.18. The van der Waals surface area contributed by atoms with E-state index in [9.17, 15) is 9.59 Å². The molecule has 122 valence electrons. The lowest BCUT2D eigenvalue weighted by atomic mass is 10.1. The Morgan fingerprint density at radius 3 is 2.59 bits per heavy atom. The van der Waals surface area contributed by atoms with Gasteiger partial charge in [0.05, 0.1) is 19.0 Å². The van der Waals surface area contributed by atoms with Crippen molar-refractivity contribution in [3.63, 3.8) is 0 Å². The van der Waals surface area contributed by atoms with Crippen molar-refractivity contribution < 1.29 is 14.3 Å². The SMILES string of the molecule is CCCCNCC(=O)C(CC(=O)OCc1ccccc1)NC. The maximum absolute atomic E-state index is 12.0. The van der Waals surface area contributed by atoms with Crippen LogP contribution in [0.1, 0.15) is 31.7 Å². The number of ketones is 1. The van der Waals surface area contributed by atoms with E-state index in [2.05, 4.69) is 17.6 Å². The number of esters is 1. The highest BCUT2D eigenvalue weighted by Crippen LogP contribution is 2.03. The lowest BCUT2D eigenvalue weighted by Crippen LogP contribution is -2.41. The second-order valence-electron chi connectivity index (χ2n) is 5.19. The highest BCUT2D eigenvalue weighted by atomic mass is 16.5. The van der Waals surface area contributed by atoms with Crippen LogP contribution in [0.3, 0.4) is 0 Å². The average molecular weight is 306 g/mol. The van der Waals surface area contributed by atoms with E-state index >= 15 is 0 Å². The number of ether oxygens (including phenoxy) is 1. The number of rotatable bonds is 11. The Bertz CT molecular complexity index is 448. The summed E-state index contributed by atoms with van der Waals surface area (Å²) in [6.45, 7) is 3.43. The summed E-state index contributed by atoms with van der Waals surface area (Å²) in [5.41, 5.74) is 0.935. The Hall–Kier alpha value is -1.72. The van der Waals surface area contributed by atoms with Gasteiger partial charge >= 0.3 is 5.97 Å². The van der Waals surface area contributed by atoms with Crippen LogP contribution in [0.2, 0.25) is 0 Å². The third kappa shape index (κ3) is 7.33. The maximum atomic E-state index is 12.0. The predicted molar refractivity (Wildman–Crippen MR) is 86.5 cm³/mol. The number of nitrogens with one attached hydrogen (secondary N) is 2. The second kappa shape index (κ2) is 10.9. The first kappa shape index (κ1) is 18.3. The normalized spacial score (nSPS) is 11.9. The molecule has 1 aromatic rings. The number of Topliss-reactive ketones (excluding diaryl/α,β-unsaturated/α-hetero) is 1. The monoisotopic (exact) mass is 306 g/mol. The molecule has 5 heteroatoms. The minimum atomic E-state index is -0.502. The largest absolute Gasteiger partial charge is 0.461 e. The van der Waals surface area contributed by atoms with Crippen LogP contribution in [-0.4, -0.2) is 37.9 Å². The molecule has 1 atom stereocenters. The Balaban J connectivity index is 2.31. The molecule has 0 aliphatic heterocycles. The van der Waals surface area contributed by atoms with Crippen molar-refractivity contribution in [2.24, 2.45) is 0 Å². The molecule has 1 rings (SSSR count). The van der Waals surface area contributed by atoms with E-state index in [1.807, 2.05) is 30.3 Å². The first-order valence-corrected chi connectivity index (χ1v) is 7.77. The lowest BCUT2D eigenvalue weighted by Gasteiger charge is -2.15. The van der Waals surface area contributed by atoms with Crippen molar-refractivity contribution in [2.75, 3.05) is 20.1 Å². The van der Waals surface area contributed by atoms with Crippen molar-refractivity contribution in [2.45, 2.75) is 38.8 Å². The smallest absolute Gasteiger partial charge is 0.308 e. The summed E-state index contributed by atoms with van der Waals surface area (Å²) in [6, 6.07) is 8.98. The van der Waals surface area contributed by atoms with Gasteiger partial charge in [0.15, 0.2) is 5.78 Å². The standard InChI is InChI=1S/C17H26N2O3/c1-3-4-10-19-12-16(20)15(18-2)11-17(21)22-13-14-8-6-5-7-9-14/h5-9,15,18-19H,3-4,10-13H2,1-2H3. The number of unbranched alkanes of at least 4 members (excludes halogenated alkanes) is 1. The molecule has 0 saturated carbocycles. The van der Waals surface area contributed by atoms with Crippen molar-refractivity contribution in [1.82, 2.24) is 10.6 Å². The number of likely N-dealkylation sites (N-methyl/N-ethyl adjacent to an activating group) is 1. The summed E-state index contributed by atoms with van der Waals surface area (Å²) in [7, 11) is 1.68. The molecule has 5 nitrogen and oxygen atoms in total. The third-order valence-electron chi connectivity index (χ3n) is 3.36. The van der Waals surface area contributed by atoms with Crippen molar-refractivity contribution in [1.29, 1.82) is 0 Å². The van der Waals surface area contributed by atoms with Gasteiger partial charge in [0, 0.05) is 0 Å². The van der Waals surface area contributed by atoms with Gasteiger partial charge in [-0.25, -0.2) is 0 Å². The van der Waals surface area contributed by atoms with Gasteiger partial charge in [-0.3, -0.25) is 9.59 Å². The van der Waals surface area contributed by atoms with Gasteiger partial charge in [-0.05, 0) is 25.6 Å². The highest BCUT2D eigenvalue weighted by molar-refractivity contribution is 5.89. The molecule has 2 N–H and O–H groups in total. The molecule has 1 aromatic carbocycles. The zero-order chi connectivity index (χ0) is 16.2. The van der Waals surface area contributed by atoms with Crippen LogP contribution in [0.5, 0.6) is 0 Å². The van der Waals surface area contributed by atoms with Crippen LogP contribution in [0.4, 0.5) is 0 Å². The molecular weight excluding hydrogens is 280 g/mol. The molecule has 0 saturated heterocycles. The summed E-state index contributed by atoms with van der Waals surface area (Å²) in [5.74, 6) is -0.389. The summed E-state index contributed by atoms with van der Waals surface area (Å²) >= 11 is 0. The van der Waals surface area contributed by atoms with Crippen LogP contribution in [0.25, 0.3) is 0 Å². The Labute approximate surface area is 132 Å². The maximum Gasteiger partial charge on any atom is 0.308 e. The molecule has 0 aliphatic rings. The third-order valence-corrected chi connectivity index (χ3v) is 3.36. The lowest BCUT2D eigenvalue weighted by molar-refractivity contribution is -0.146. The predicted octanol–water partition coefficient (Wildman–Crippen LogP) is 1.67. The van der Waals surface area contributed by atoms with Gasteiger partial charge in [-0.15, -0.1) is 0 Å². The molecule has 1 unspecified atom stereocenters. The molecule has 0 bridgehead atoms. The molecular formula is C17H26N2O3. The fourth-order valence-corrected chi connectivity index (χ4v) is 1.98. The average Bonchev–Trinajstić information content (AvgIpc) is 2.55. The topological polar surface area (TPSA) is 67.4 Å². The van der Waals surface area contributed by atoms with E-state index in [1.165, 1.54) is 0 Å². The zero-order valence-corrected chi connectivity index (χ0v) is 13.4. The molecule has 0 radical (unpaired) electrons. The van der Waals surface area contributed by atoms with Gasteiger partial charge < -0.3 is 15.4 Å².